The lowest BCUT2D eigenvalue weighted by Crippen LogP contribution is -2.49. The van der Waals surface area contributed by atoms with Gasteiger partial charge in [0.15, 0.2) is 11.5 Å². The highest BCUT2D eigenvalue weighted by molar-refractivity contribution is 7.89. The minimum Gasteiger partial charge on any atom is -0.486 e. The van der Waals surface area contributed by atoms with Gasteiger partial charge in [0.25, 0.3) is 0 Å². The molecular weight excluding hydrogens is 292 g/mol. The van der Waals surface area contributed by atoms with Crippen molar-refractivity contribution in [1.29, 1.82) is 0 Å². The Hall–Kier alpha value is -1.31. The van der Waals surface area contributed by atoms with E-state index in [1.807, 2.05) is 0 Å². The van der Waals surface area contributed by atoms with Crippen molar-refractivity contribution in [1.82, 2.24) is 4.31 Å². The monoisotopic (exact) mass is 312 g/mol. The number of benzene rings is 1. The molecule has 0 spiro atoms. The summed E-state index contributed by atoms with van der Waals surface area (Å²) in [5.74, 6) is 1.41. The van der Waals surface area contributed by atoms with E-state index in [-0.39, 0.29) is 10.9 Å². The van der Waals surface area contributed by atoms with Crippen molar-refractivity contribution < 1.29 is 17.9 Å². The second-order valence-corrected chi connectivity index (χ2v) is 7.54. The lowest BCUT2D eigenvalue weighted by atomic mass is 9.96. The lowest BCUT2D eigenvalue weighted by Gasteiger charge is -2.34. The van der Waals surface area contributed by atoms with Crippen LogP contribution in [0.2, 0.25) is 0 Å². The van der Waals surface area contributed by atoms with Crippen molar-refractivity contribution in [2.24, 2.45) is 11.7 Å². The summed E-state index contributed by atoms with van der Waals surface area (Å²) >= 11 is 0. The highest BCUT2D eigenvalue weighted by Crippen LogP contribution is 2.33. The highest BCUT2D eigenvalue weighted by Gasteiger charge is 2.32. The molecule has 0 aliphatic carbocycles. The van der Waals surface area contributed by atoms with E-state index in [0.717, 1.165) is 6.42 Å². The molecule has 0 saturated carbocycles. The van der Waals surface area contributed by atoms with Gasteiger partial charge in [0.2, 0.25) is 10.0 Å². The molecule has 2 atom stereocenters. The predicted molar refractivity (Wildman–Crippen MR) is 77.9 cm³/mol. The van der Waals surface area contributed by atoms with Crippen molar-refractivity contribution in [2.75, 3.05) is 26.3 Å². The first-order valence-electron chi connectivity index (χ1n) is 7.14. The standard InChI is InChI=1S/C14H20N2O4S/c1-10-4-5-16(9-12(10)15)21(17,18)11-2-3-13-14(8-11)20-7-6-19-13/h2-3,8,10,12H,4-7,9,15H2,1H3. The Morgan fingerprint density at radius 3 is 2.67 bits per heavy atom. The third-order valence-electron chi connectivity index (χ3n) is 4.13. The molecule has 1 saturated heterocycles. The minimum atomic E-state index is -3.53. The smallest absolute Gasteiger partial charge is 0.243 e. The van der Waals surface area contributed by atoms with Crippen LogP contribution in [0.4, 0.5) is 0 Å². The average Bonchev–Trinajstić information content (AvgIpc) is 2.49. The van der Waals surface area contributed by atoms with Gasteiger partial charge in [-0.3, -0.25) is 0 Å². The Balaban J connectivity index is 1.88. The number of sulfonamides is 1. The highest BCUT2D eigenvalue weighted by atomic mass is 32.2. The van der Waals surface area contributed by atoms with Crippen LogP contribution in [0.15, 0.2) is 23.1 Å². The Morgan fingerprint density at radius 1 is 1.24 bits per heavy atom. The summed E-state index contributed by atoms with van der Waals surface area (Å²) in [6, 6.07) is 4.62. The quantitative estimate of drug-likeness (QED) is 0.874. The molecule has 2 aliphatic heterocycles. The fourth-order valence-electron chi connectivity index (χ4n) is 2.62. The summed E-state index contributed by atoms with van der Waals surface area (Å²) < 4.78 is 37.7. The molecule has 0 bridgehead atoms. The second-order valence-electron chi connectivity index (χ2n) is 5.60. The van der Waals surface area contributed by atoms with Gasteiger partial charge in [-0.2, -0.15) is 4.31 Å². The van der Waals surface area contributed by atoms with Gasteiger partial charge in [-0.15, -0.1) is 0 Å². The molecule has 0 amide bonds. The number of piperidine rings is 1. The number of rotatable bonds is 2. The number of nitrogens with two attached hydrogens (primary N) is 1. The van der Waals surface area contributed by atoms with Crippen LogP contribution in [0, 0.1) is 5.92 Å². The van der Waals surface area contributed by atoms with Gasteiger partial charge in [-0.05, 0) is 24.5 Å². The van der Waals surface area contributed by atoms with E-state index in [2.05, 4.69) is 6.92 Å². The number of fused-ring (bicyclic) bond motifs is 1. The maximum atomic E-state index is 12.7. The van der Waals surface area contributed by atoms with Crippen LogP contribution >= 0.6 is 0 Å². The van der Waals surface area contributed by atoms with Crippen molar-refractivity contribution in [3.63, 3.8) is 0 Å². The van der Waals surface area contributed by atoms with E-state index in [1.165, 1.54) is 10.4 Å². The zero-order valence-electron chi connectivity index (χ0n) is 12.0. The summed E-state index contributed by atoms with van der Waals surface area (Å²) in [4.78, 5) is 0.230. The van der Waals surface area contributed by atoms with E-state index in [9.17, 15) is 8.42 Å². The summed E-state index contributed by atoms with van der Waals surface area (Å²) in [5.41, 5.74) is 6.00. The predicted octanol–water partition coefficient (Wildman–Crippen LogP) is 0.816. The van der Waals surface area contributed by atoms with Crippen LogP contribution in [0.3, 0.4) is 0 Å². The number of ether oxygens (including phenoxy) is 2. The normalized spacial score (nSPS) is 26.6. The molecule has 0 aromatic heterocycles. The Morgan fingerprint density at radius 2 is 1.95 bits per heavy atom. The Bertz CT molecular complexity index is 632. The van der Waals surface area contributed by atoms with Gasteiger partial charge in [-0.25, -0.2) is 8.42 Å². The van der Waals surface area contributed by atoms with E-state index in [1.54, 1.807) is 12.1 Å². The van der Waals surface area contributed by atoms with Crippen LogP contribution in [0.1, 0.15) is 13.3 Å². The van der Waals surface area contributed by atoms with Crippen LogP contribution < -0.4 is 15.2 Å². The molecular formula is C14H20N2O4S. The first-order valence-corrected chi connectivity index (χ1v) is 8.58. The maximum Gasteiger partial charge on any atom is 0.243 e. The number of hydrogen-bond acceptors (Lipinski definition) is 5. The Labute approximate surface area is 124 Å². The van der Waals surface area contributed by atoms with Crippen molar-refractivity contribution in [3.05, 3.63) is 18.2 Å². The van der Waals surface area contributed by atoms with Crippen molar-refractivity contribution >= 4 is 10.0 Å². The molecule has 2 aliphatic rings. The third kappa shape index (κ3) is 2.73. The van der Waals surface area contributed by atoms with Gasteiger partial charge in [-0.1, -0.05) is 6.92 Å². The lowest BCUT2D eigenvalue weighted by molar-refractivity contribution is 0.171. The molecule has 2 N–H and O–H groups in total. The summed E-state index contributed by atoms with van der Waals surface area (Å²) in [7, 11) is -3.53. The second kappa shape index (κ2) is 5.47. The SMILES string of the molecule is CC1CCN(S(=O)(=O)c2ccc3c(c2)OCCO3)CC1N. The minimum absolute atomic E-state index is 0.120. The van der Waals surface area contributed by atoms with Crippen LogP contribution in [0.5, 0.6) is 11.5 Å². The molecule has 2 heterocycles. The zero-order valence-corrected chi connectivity index (χ0v) is 12.8. The fraction of sp³-hybridized carbons (Fsp3) is 0.571. The van der Waals surface area contributed by atoms with Crippen LogP contribution in [0.25, 0.3) is 0 Å². The first-order chi connectivity index (χ1) is 9.98. The average molecular weight is 312 g/mol. The molecule has 1 aromatic rings. The van der Waals surface area contributed by atoms with Gasteiger partial charge in [0.05, 0.1) is 4.90 Å². The maximum absolute atomic E-state index is 12.7. The topological polar surface area (TPSA) is 81.9 Å². The van der Waals surface area contributed by atoms with Crippen LogP contribution in [-0.2, 0) is 10.0 Å². The van der Waals surface area contributed by atoms with Gasteiger partial charge < -0.3 is 15.2 Å². The number of nitrogens with zero attached hydrogens (tertiary/aromatic N) is 1. The molecule has 2 unspecified atom stereocenters. The molecule has 7 heteroatoms. The van der Waals surface area contributed by atoms with Gasteiger partial charge >= 0.3 is 0 Å². The summed E-state index contributed by atoms with van der Waals surface area (Å²) in [5, 5.41) is 0. The summed E-state index contributed by atoms with van der Waals surface area (Å²) in [6.07, 6.45) is 0.783. The molecule has 116 valence electrons. The van der Waals surface area contributed by atoms with Gasteiger partial charge in [0.1, 0.15) is 13.2 Å². The third-order valence-corrected chi connectivity index (χ3v) is 5.99. The molecule has 1 aromatic carbocycles. The number of hydrogen-bond donors (Lipinski definition) is 1. The molecule has 1 fully saturated rings. The van der Waals surface area contributed by atoms with Crippen molar-refractivity contribution in [2.45, 2.75) is 24.3 Å². The summed E-state index contributed by atoms with van der Waals surface area (Å²) in [6.45, 7) is 3.84. The fourth-order valence-corrected chi connectivity index (χ4v) is 4.13. The molecule has 6 nitrogen and oxygen atoms in total. The largest absolute Gasteiger partial charge is 0.486 e. The van der Waals surface area contributed by atoms with Crippen molar-refractivity contribution in [3.8, 4) is 11.5 Å². The molecule has 0 radical (unpaired) electrons. The van der Waals surface area contributed by atoms with Crippen LogP contribution in [-0.4, -0.2) is 45.1 Å². The van der Waals surface area contributed by atoms with E-state index in [0.29, 0.717) is 43.7 Å². The molecule has 21 heavy (non-hydrogen) atoms. The van der Waals surface area contributed by atoms with E-state index in [4.69, 9.17) is 15.2 Å². The Kier molecular flexibility index (Phi) is 3.81. The van der Waals surface area contributed by atoms with Gasteiger partial charge in [0, 0.05) is 25.2 Å². The van der Waals surface area contributed by atoms with E-state index >= 15 is 0 Å². The molecule has 3 rings (SSSR count). The zero-order chi connectivity index (χ0) is 15.0. The first kappa shape index (κ1) is 14.6. The van der Waals surface area contributed by atoms with E-state index < -0.39 is 10.0 Å².